The van der Waals surface area contributed by atoms with Crippen LogP contribution in [0.5, 0.6) is 5.75 Å². The monoisotopic (exact) mass is 360 g/mol. The lowest BCUT2D eigenvalue weighted by Gasteiger charge is -2.39. The standard InChI is InChI=1S/C25H28O2/c1-16-20-11-12-22-21-10-8-19(27-15-17-5-3-2-4-6-17)13-18(21)7-9-23(22)24(20)14-25(16)26/h2-6,8,10,13,16,22-23,25-26H,7,9,11-12,14-15H2,1H3/t16-,22-,23-,25-/m1/s1. The predicted molar refractivity (Wildman–Crippen MR) is 108 cm³/mol. The number of rotatable bonds is 3. The minimum absolute atomic E-state index is 0.149. The first-order valence-electron chi connectivity index (χ1n) is 10.4. The van der Waals surface area contributed by atoms with Crippen molar-refractivity contribution in [3.05, 3.63) is 76.4 Å². The highest BCUT2D eigenvalue weighted by molar-refractivity contribution is 5.44. The van der Waals surface area contributed by atoms with Crippen molar-refractivity contribution < 1.29 is 9.84 Å². The average Bonchev–Trinajstić information content (AvgIpc) is 3.01. The van der Waals surface area contributed by atoms with Crippen molar-refractivity contribution in [1.29, 1.82) is 0 Å². The largest absolute Gasteiger partial charge is 0.489 e. The Morgan fingerprint density at radius 2 is 1.78 bits per heavy atom. The molecule has 27 heavy (non-hydrogen) atoms. The molecule has 0 aromatic heterocycles. The summed E-state index contributed by atoms with van der Waals surface area (Å²) in [7, 11) is 0. The van der Waals surface area contributed by atoms with Crippen molar-refractivity contribution >= 4 is 0 Å². The summed E-state index contributed by atoms with van der Waals surface area (Å²) >= 11 is 0. The van der Waals surface area contributed by atoms with E-state index in [9.17, 15) is 5.11 Å². The van der Waals surface area contributed by atoms with Gasteiger partial charge in [-0.2, -0.15) is 0 Å². The summed E-state index contributed by atoms with van der Waals surface area (Å²) in [4.78, 5) is 0. The number of hydrogen-bond donors (Lipinski definition) is 1. The van der Waals surface area contributed by atoms with Crippen molar-refractivity contribution in [3.63, 3.8) is 0 Å². The molecule has 4 atom stereocenters. The van der Waals surface area contributed by atoms with Gasteiger partial charge in [-0.1, -0.05) is 54.5 Å². The van der Waals surface area contributed by atoms with Crippen LogP contribution in [-0.2, 0) is 13.0 Å². The number of fused-ring (bicyclic) bond motifs is 4. The third-order valence-corrected chi connectivity index (χ3v) is 7.11. The van der Waals surface area contributed by atoms with E-state index in [1.165, 1.54) is 36.0 Å². The van der Waals surface area contributed by atoms with Crippen LogP contribution in [0.3, 0.4) is 0 Å². The summed E-state index contributed by atoms with van der Waals surface area (Å²) in [6.07, 6.45) is 5.51. The number of ether oxygens (including phenoxy) is 1. The Labute approximate surface area is 161 Å². The van der Waals surface area contributed by atoms with Crippen molar-refractivity contribution in [2.24, 2.45) is 11.8 Å². The molecular weight excluding hydrogens is 332 g/mol. The highest BCUT2D eigenvalue weighted by atomic mass is 16.5. The molecule has 1 N–H and O–H groups in total. The maximum atomic E-state index is 10.3. The van der Waals surface area contributed by atoms with E-state index in [2.05, 4.69) is 49.4 Å². The van der Waals surface area contributed by atoms with Crippen LogP contribution in [0.4, 0.5) is 0 Å². The number of benzene rings is 2. The van der Waals surface area contributed by atoms with Gasteiger partial charge in [0.25, 0.3) is 0 Å². The van der Waals surface area contributed by atoms with Crippen LogP contribution in [0, 0.1) is 11.8 Å². The summed E-state index contributed by atoms with van der Waals surface area (Å²) in [5, 5.41) is 10.3. The lowest BCUT2D eigenvalue weighted by Crippen LogP contribution is -2.26. The molecule has 0 amide bonds. The summed E-state index contributed by atoms with van der Waals surface area (Å²) in [6, 6.07) is 17.1. The van der Waals surface area contributed by atoms with E-state index < -0.39 is 0 Å². The van der Waals surface area contributed by atoms with E-state index >= 15 is 0 Å². The first-order chi connectivity index (χ1) is 13.2. The number of aliphatic hydroxyl groups excluding tert-OH is 1. The highest BCUT2D eigenvalue weighted by Crippen LogP contribution is 2.53. The normalized spacial score (nSPS) is 29.1. The van der Waals surface area contributed by atoms with Gasteiger partial charge >= 0.3 is 0 Å². The van der Waals surface area contributed by atoms with Gasteiger partial charge in [0.2, 0.25) is 0 Å². The van der Waals surface area contributed by atoms with Crippen molar-refractivity contribution in [2.75, 3.05) is 0 Å². The molecule has 0 heterocycles. The Morgan fingerprint density at radius 3 is 2.63 bits per heavy atom. The van der Waals surface area contributed by atoms with Crippen molar-refractivity contribution in [2.45, 2.75) is 57.7 Å². The van der Waals surface area contributed by atoms with Gasteiger partial charge in [0.05, 0.1) is 6.10 Å². The highest BCUT2D eigenvalue weighted by Gasteiger charge is 2.42. The van der Waals surface area contributed by atoms with Gasteiger partial charge in [0.15, 0.2) is 0 Å². The van der Waals surface area contributed by atoms with E-state index in [1.807, 2.05) is 6.07 Å². The molecule has 5 rings (SSSR count). The molecule has 0 spiro atoms. The zero-order chi connectivity index (χ0) is 18.4. The number of aryl methyl sites for hydroxylation is 1. The predicted octanol–water partition coefficient (Wildman–Crippen LogP) is 5.40. The smallest absolute Gasteiger partial charge is 0.120 e. The third-order valence-electron chi connectivity index (χ3n) is 7.11. The Balaban J connectivity index is 1.35. The van der Waals surface area contributed by atoms with E-state index in [4.69, 9.17) is 4.74 Å². The first kappa shape index (κ1) is 17.1. The lowest BCUT2D eigenvalue weighted by molar-refractivity contribution is 0.145. The van der Waals surface area contributed by atoms with Crippen LogP contribution in [-0.4, -0.2) is 11.2 Å². The molecule has 2 aromatic rings. The first-order valence-corrected chi connectivity index (χ1v) is 10.4. The van der Waals surface area contributed by atoms with E-state index in [1.54, 1.807) is 11.1 Å². The van der Waals surface area contributed by atoms with Gasteiger partial charge in [0.1, 0.15) is 12.4 Å². The van der Waals surface area contributed by atoms with Gasteiger partial charge < -0.3 is 9.84 Å². The van der Waals surface area contributed by atoms with E-state index in [0.717, 1.165) is 18.6 Å². The van der Waals surface area contributed by atoms with Gasteiger partial charge in [-0.25, -0.2) is 0 Å². The molecule has 2 nitrogen and oxygen atoms in total. The minimum Gasteiger partial charge on any atom is -0.489 e. The fourth-order valence-corrected chi connectivity index (χ4v) is 5.64. The van der Waals surface area contributed by atoms with Gasteiger partial charge in [0, 0.05) is 5.92 Å². The second kappa shape index (κ2) is 6.83. The maximum absolute atomic E-state index is 10.3. The molecule has 0 fully saturated rings. The van der Waals surface area contributed by atoms with Gasteiger partial charge in [-0.05, 0) is 72.8 Å². The molecule has 0 radical (unpaired) electrons. The average molecular weight is 360 g/mol. The van der Waals surface area contributed by atoms with Gasteiger partial charge in [-0.3, -0.25) is 0 Å². The maximum Gasteiger partial charge on any atom is 0.120 e. The summed E-state index contributed by atoms with van der Waals surface area (Å²) in [5.74, 6) is 2.64. The van der Waals surface area contributed by atoms with Crippen LogP contribution < -0.4 is 4.74 Å². The zero-order valence-electron chi connectivity index (χ0n) is 16.0. The molecule has 0 saturated heterocycles. The second-order valence-corrected chi connectivity index (χ2v) is 8.54. The van der Waals surface area contributed by atoms with Gasteiger partial charge in [-0.15, -0.1) is 0 Å². The number of aliphatic hydroxyl groups is 1. The SMILES string of the molecule is C[C@@H]1C2=C(C[C@H]1O)[C@@H]1CCc3cc(OCc4ccccc4)ccc3[C@H]1CC2. The summed E-state index contributed by atoms with van der Waals surface area (Å²) < 4.78 is 6.05. The molecule has 2 heteroatoms. The molecule has 0 bridgehead atoms. The molecule has 0 unspecified atom stereocenters. The van der Waals surface area contributed by atoms with Crippen LogP contribution in [0.2, 0.25) is 0 Å². The van der Waals surface area contributed by atoms with Crippen LogP contribution >= 0.6 is 0 Å². The quantitative estimate of drug-likeness (QED) is 0.742. The Morgan fingerprint density at radius 1 is 0.963 bits per heavy atom. The molecule has 3 aliphatic carbocycles. The summed E-state index contributed by atoms with van der Waals surface area (Å²) in [6.45, 7) is 2.83. The molecule has 2 aromatic carbocycles. The molecule has 0 saturated carbocycles. The molecule has 140 valence electrons. The van der Waals surface area contributed by atoms with Crippen LogP contribution in [0.25, 0.3) is 0 Å². The Bertz CT molecular complexity index is 867. The Kier molecular flexibility index (Phi) is 4.32. The van der Waals surface area contributed by atoms with Crippen LogP contribution in [0.1, 0.15) is 55.2 Å². The second-order valence-electron chi connectivity index (χ2n) is 8.54. The minimum atomic E-state index is -0.149. The fourth-order valence-electron chi connectivity index (χ4n) is 5.64. The topological polar surface area (TPSA) is 29.5 Å². The number of hydrogen-bond acceptors (Lipinski definition) is 2. The molecular formula is C25H28O2. The van der Waals surface area contributed by atoms with E-state index in [0.29, 0.717) is 24.4 Å². The van der Waals surface area contributed by atoms with E-state index in [-0.39, 0.29) is 6.10 Å². The molecule has 3 aliphatic rings. The zero-order valence-corrected chi connectivity index (χ0v) is 16.0. The van der Waals surface area contributed by atoms with Crippen LogP contribution in [0.15, 0.2) is 59.7 Å². The van der Waals surface area contributed by atoms with Crippen molar-refractivity contribution in [1.82, 2.24) is 0 Å². The third kappa shape index (κ3) is 3.00. The Hall–Kier alpha value is -2.06. The summed E-state index contributed by atoms with van der Waals surface area (Å²) in [5.41, 5.74) is 7.38. The fraction of sp³-hybridized carbons (Fsp3) is 0.440. The van der Waals surface area contributed by atoms with Crippen molar-refractivity contribution in [3.8, 4) is 5.75 Å². The lowest BCUT2D eigenvalue weighted by atomic mass is 9.66. The molecule has 0 aliphatic heterocycles.